The van der Waals surface area contributed by atoms with Crippen LogP contribution < -0.4 is 15.5 Å². The first-order valence-corrected chi connectivity index (χ1v) is 16.4. The zero-order chi connectivity index (χ0) is 32.4. The Bertz CT molecular complexity index is 1640. The molecule has 3 fully saturated rings. The predicted molar refractivity (Wildman–Crippen MR) is 177 cm³/mol. The van der Waals surface area contributed by atoms with E-state index in [9.17, 15) is 14.7 Å². The molecule has 242 valence electrons. The number of terminal acetylenes is 1. The molecule has 46 heavy (non-hydrogen) atoms. The number of carbonyl (C=O) groups excluding carboxylic acids is 1. The molecule has 2 atom stereocenters. The van der Waals surface area contributed by atoms with Gasteiger partial charge in [0.25, 0.3) is 0 Å². The number of hydrogen-bond donors (Lipinski definition) is 4. The third-order valence-electron chi connectivity index (χ3n) is 10.0. The van der Waals surface area contributed by atoms with Crippen LogP contribution in [-0.4, -0.2) is 73.0 Å². The van der Waals surface area contributed by atoms with Gasteiger partial charge in [-0.2, -0.15) is 4.98 Å². The summed E-state index contributed by atoms with van der Waals surface area (Å²) in [5, 5.41) is 23.5. The highest BCUT2D eigenvalue weighted by Crippen LogP contribution is 2.38. The van der Waals surface area contributed by atoms with Crippen LogP contribution in [-0.2, 0) is 11.3 Å². The van der Waals surface area contributed by atoms with Crippen LogP contribution in [0.2, 0.25) is 0 Å². The highest BCUT2D eigenvalue weighted by Gasteiger charge is 2.35. The fourth-order valence-electron chi connectivity index (χ4n) is 7.10. The minimum Gasteiger partial charge on any atom is -0.465 e. The van der Waals surface area contributed by atoms with Gasteiger partial charge in [0.15, 0.2) is 23.1 Å². The van der Waals surface area contributed by atoms with Crippen molar-refractivity contribution in [1.29, 1.82) is 5.41 Å². The van der Waals surface area contributed by atoms with Crippen molar-refractivity contribution >= 4 is 40.8 Å². The fourth-order valence-corrected chi connectivity index (χ4v) is 7.10. The van der Waals surface area contributed by atoms with Crippen molar-refractivity contribution in [2.24, 2.45) is 17.8 Å². The van der Waals surface area contributed by atoms with Crippen LogP contribution in [0.3, 0.4) is 0 Å². The Balaban J connectivity index is 1.49. The van der Waals surface area contributed by atoms with Gasteiger partial charge in [0.2, 0.25) is 11.9 Å². The van der Waals surface area contributed by atoms with E-state index in [0.717, 1.165) is 55.6 Å². The monoisotopic (exact) mass is 625 g/mol. The van der Waals surface area contributed by atoms with Crippen molar-refractivity contribution < 1.29 is 14.7 Å². The van der Waals surface area contributed by atoms with Crippen LogP contribution in [0.1, 0.15) is 76.2 Å². The summed E-state index contributed by atoms with van der Waals surface area (Å²) < 4.78 is 2.23. The number of benzene rings is 1. The molecule has 3 aromatic rings. The van der Waals surface area contributed by atoms with Gasteiger partial charge in [0.1, 0.15) is 5.52 Å². The SMILES string of the molecule is C#CC1CCC(Cn2c(N3CCN(C(C)=O)C[C@H]3c3ccccc3)nc3nc(C(=N)NC(=O)O)nc(N[C@H](C)C4CCC4)c32)CC1. The Morgan fingerprint density at radius 3 is 2.46 bits per heavy atom. The van der Waals surface area contributed by atoms with Crippen LogP contribution in [0.25, 0.3) is 11.2 Å². The van der Waals surface area contributed by atoms with Crippen molar-refractivity contribution in [2.75, 3.05) is 29.9 Å². The average molecular weight is 626 g/mol. The van der Waals surface area contributed by atoms with E-state index < -0.39 is 11.9 Å². The van der Waals surface area contributed by atoms with Crippen LogP contribution in [0.4, 0.5) is 16.6 Å². The van der Waals surface area contributed by atoms with E-state index in [1.807, 2.05) is 23.1 Å². The molecule has 3 aliphatic rings. The van der Waals surface area contributed by atoms with Crippen molar-refractivity contribution in [3.63, 3.8) is 0 Å². The Labute approximate surface area is 269 Å². The van der Waals surface area contributed by atoms with Gasteiger partial charge < -0.3 is 24.8 Å². The van der Waals surface area contributed by atoms with Gasteiger partial charge in [-0.25, -0.2) is 14.8 Å². The Morgan fingerprint density at radius 2 is 1.83 bits per heavy atom. The second-order valence-electron chi connectivity index (χ2n) is 13.0. The lowest BCUT2D eigenvalue weighted by molar-refractivity contribution is -0.129. The number of hydrogen-bond acceptors (Lipinski definition) is 8. The summed E-state index contributed by atoms with van der Waals surface area (Å²) >= 11 is 0. The molecule has 2 aliphatic carbocycles. The molecule has 2 amide bonds. The van der Waals surface area contributed by atoms with Crippen molar-refractivity contribution in [2.45, 2.75) is 77.4 Å². The second-order valence-corrected chi connectivity index (χ2v) is 13.0. The highest BCUT2D eigenvalue weighted by atomic mass is 16.4. The maximum atomic E-state index is 12.5. The average Bonchev–Trinajstić information content (AvgIpc) is 3.38. The standard InChI is InChI=1S/C34H43N9O3/c1-4-23-13-15-24(16-14-23)19-43-28-30(36-21(2)25-11-8-12-25)38-32(29(35)37-34(45)46)39-31(28)40-33(43)42-18-17-41(22(3)44)20-27(42)26-9-6-5-7-10-26/h1,5-7,9-10,21,23-25,27H,8,11-20H2,2-3H3,(H2,35,37)(H,45,46)(H,36,38,39)/t21-,23?,24?,27+/m1/s1. The van der Waals surface area contributed by atoms with E-state index >= 15 is 0 Å². The first-order chi connectivity index (χ1) is 22.2. The van der Waals surface area contributed by atoms with Crippen molar-refractivity contribution in [3.05, 3.63) is 41.7 Å². The number of carboxylic acid groups (broad SMARTS) is 1. The Kier molecular flexibility index (Phi) is 9.10. The molecule has 1 aliphatic heterocycles. The quantitative estimate of drug-likeness (QED) is 0.157. The molecule has 1 aromatic carbocycles. The maximum absolute atomic E-state index is 12.5. The molecule has 6 rings (SSSR count). The molecule has 2 aromatic heterocycles. The maximum Gasteiger partial charge on any atom is 0.410 e. The molecule has 4 N–H and O–H groups in total. The summed E-state index contributed by atoms with van der Waals surface area (Å²) in [6.45, 7) is 6.10. The summed E-state index contributed by atoms with van der Waals surface area (Å²) in [6.07, 6.45) is 11.9. The van der Waals surface area contributed by atoms with Crippen molar-refractivity contribution in [3.8, 4) is 12.3 Å². The normalized spacial score (nSPS) is 22.5. The minimum atomic E-state index is -1.35. The lowest BCUT2D eigenvalue weighted by Crippen LogP contribution is -2.50. The largest absolute Gasteiger partial charge is 0.465 e. The molecular formula is C34H43N9O3. The topological polar surface area (TPSA) is 152 Å². The van der Waals surface area contributed by atoms with Crippen LogP contribution in [0, 0.1) is 35.5 Å². The number of imidazole rings is 1. The number of rotatable bonds is 8. The molecule has 0 radical (unpaired) electrons. The van der Waals surface area contributed by atoms with Gasteiger partial charge in [-0.1, -0.05) is 36.8 Å². The van der Waals surface area contributed by atoms with Gasteiger partial charge >= 0.3 is 6.09 Å². The fraction of sp³-hybridized carbons (Fsp3) is 0.529. The number of amidine groups is 1. The molecule has 0 unspecified atom stereocenters. The van der Waals surface area contributed by atoms with E-state index in [4.69, 9.17) is 21.8 Å². The lowest BCUT2D eigenvalue weighted by atomic mass is 9.80. The second kappa shape index (κ2) is 13.4. The molecule has 0 spiro atoms. The first kappa shape index (κ1) is 31.3. The third kappa shape index (κ3) is 6.50. The van der Waals surface area contributed by atoms with Gasteiger partial charge in [-0.15, -0.1) is 12.3 Å². The lowest BCUT2D eigenvalue weighted by Gasteiger charge is -2.42. The number of amides is 2. The molecule has 2 saturated carbocycles. The van der Waals surface area contributed by atoms with Crippen molar-refractivity contribution in [1.82, 2.24) is 29.7 Å². The minimum absolute atomic E-state index is 0.0371. The zero-order valence-electron chi connectivity index (χ0n) is 26.6. The Morgan fingerprint density at radius 1 is 1.09 bits per heavy atom. The zero-order valence-corrected chi connectivity index (χ0v) is 26.6. The molecule has 12 nitrogen and oxygen atoms in total. The summed E-state index contributed by atoms with van der Waals surface area (Å²) in [6, 6.07) is 10.1. The van der Waals surface area contributed by atoms with Gasteiger partial charge in [-0.3, -0.25) is 15.5 Å². The van der Waals surface area contributed by atoms with Crippen LogP contribution >= 0.6 is 0 Å². The summed E-state index contributed by atoms with van der Waals surface area (Å²) in [4.78, 5) is 42.7. The molecule has 0 bridgehead atoms. The van der Waals surface area contributed by atoms with Gasteiger partial charge in [-0.05, 0) is 62.8 Å². The third-order valence-corrected chi connectivity index (χ3v) is 10.0. The predicted octanol–water partition coefficient (Wildman–Crippen LogP) is 4.87. The highest BCUT2D eigenvalue weighted by molar-refractivity contribution is 6.03. The van der Waals surface area contributed by atoms with Gasteiger partial charge in [0, 0.05) is 45.1 Å². The number of anilines is 2. The van der Waals surface area contributed by atoms with E-state index in [0.29, 0.717) is 55.4 Å². The molecular weight excluding hydrogens is 582 g/mol. The Hall–Kier alpha value is -4.66. The molecule has 1 saturated heterocycles. The van der Waals surface area contributed by atoms with E-state index in [1.165, 1.54) is 6.42 Å². The number of aromatic nitrogens is 4. The number of fused-ring (bicyclic) bond motifs is 1. The van der Waals surface area contributed by atoms with Gasteiger partial charge in [0.05, 0.1) is 6.04 Å². The summed E-state index contributed by atoms with van der Waals surface area (Å²) in [5.74, 6) is 4.99. The number of piperazine rings is 1. The smallest absolute Gasteiger partial charge is 0.410 e. The van der Waals surface area contributed by atoms with Crippen LogP contribution in [0.5, 0.6) is 0 Å². The molecule has 3 heterocycles. The summed E-state index contributed by atoms with van der Waals surface area (Å²) in [7, 11) is 0. The van der Waals surface area contributed by atoms with E-state index in [1.54, 1.807) is 6.92 Å². The summed E-state index contributed by atoms with van der Waals surface area (Å²) in [5.41, 5.74) is 2.23. The van der Waals surface area contributed by atoms with E-state index in [-0.39, 0.29) is 23.8 Å². The number of nitrogens with one attached hydrogen (secondary N) is 3. The van der Waals surface area contributed by atoms with E-state index in [2.05, 4.69) is 50.1 Å². The van der Waals surface area contributed by atoms with Crippen LogP contribution in [0.15, 0.2) is 30.3 Å². The number of carbonyl (C=O) groups is 2. The number of nitrogens with zero attached hydrogens (tertiary/aromatic N) is 6. The first-order valence-electron chi connectivity index (χ1n) is 16.4. The molecule has 12 heteroatoms.